The fourth-order valence-electron chi connectivity index (χ4n) is 1.14. The molecule has 0 aliphatic heterocycles. The minimum Gasteiger partial charge on any atom is -0.202 e. The third kappa shape index (κ3) is 9.88. The van der Waals surface area contributed by atoms with Gasteiger partial charge in [0.15, 0.2) is 11.6 Å². The van der Waals surface area contributed by atoms with Crippen molar-refractivity contribution in [3.05, 3.63) is 67.3 Å². The predicted molar refractivity (Wildman–Crippen MR) is 63.8 cm³/mol. The summed E-state index contributed by atoms with van der Waals surface area (Å²) in [5.74, 6) is -0.484. The second-order valence-electron chi connectivity index (χ2n) is 3.88. The minimum absolute atomic E-state index is 0.242. The van der Waals surface area contributed by atoms with Crippen LogP contribution in [0.5, 0.6) is 0 Å². The molecule has 0 atom stereocenters. The van der Waals surface area contributed by atoms with Gasteiger partial charge in [0.05, 0.1) is 0 Å². The molecule has 2 aromatic carbocycles. The monoisotopic (exact) mass is 462 g/mol. The Labute approximate surface area is 130 Å². The van der Waals surface area contributed by atoms with Gasteiger partial charge in [-0.25, -0.2) is 8.78 Å². The SMILES string of the molecule is F[P-](F)(F)(F)(F)F.Fc1ccccc1[I+]c1ccccc1F. The third-order valence-electron chi connectivity index (χ3n) is 1.85. The van der Waals surface area contributed by atoms with Crippen molar-refractivity contribution in [1.82, 2.24) is 0 Å². The largest absolute Gasteiger partial charge is 0.364 e. The Morgan fingerprint density at radius 1 is 0.591 bits per heavy atom. The van der Waals surface area contributed by atoms with Crippen molar-refractivity contribution < 1.29 is 55.2 Å². The van der Waals surface area contributed by atoms with Crippen molar-refractivity contribution in [2.45, 2.75) is 0 Å². The molecule has 124 valence electrons. The maximum atomic E-state index is 13.3. The van der Waals surface area contributed by atoms with Crippen molar-refractivity contribution in [3.8, 4) is 0 Å². The maximum Gasteiger partial charge on any atom is 0.364 e. The molecule has 0 saturated carbocycles. The standard InChI is InChI=1S/C12H8F2I.F6P/c13-9-5-1-3-7-11(9)15-12-8-4-2-6-10(12)14;1-7(2,3,4,5)6/h1-8H;/q+1;-1. The maximum absolute atomic E-state index is 13.3. The van der Waals surface area contributed by atoms with E-state index < -0.39 is 29.0 Å². The molecule has 0 spiro atoms. The van der Waals surface area contributed by atoms with Gasteiger partial charge >= 0.3 is 54.2 Å². The van der Waals surface area contributed by atoms with Crippen LogP contribution in [0.2, 0.25) is 0 Å². The molecule has 0 unspecified atom stereocenters. The van der Waals surface area contributed by atoms with Crippen LogP contribution in [-0.4, -0.2) is 0 Å². The summed E-state index contributed by atoms with van der Waals surface area (Å²) in [7, 11) is -10.7. The summed E-state index contributed by atoms with van der Waals surface area (Å²) >= 11 is -0.765. The Morgan fingerprint density at radius 2 is 0.864 bits per heavy atom. The van der Waals surface area contributed by atoms with Gasteiger partial charge in [-0.3, -0.25) is 0 Å². The normalized spacial score (nSPS) is 14.4. The molecular weight excluding hydrogens is 454 g/mol. The van der Waals surface area contributed by atoms with Crippen LogP contribution >= 0.6 is 7.81 Å². The van der Waals surface area contributed by atoms with Crippen LogP contribution in [0.3, 0.4) is 0 Å². The Hall–Kier alpha value is -0.960. The van der Waals surface area contributed by atoms with Crippen molar-refractivity contribution in [2.75, 3.05) is 0 Å². The molecule has 0 aliphatic carbocycles. The molecule has 0 heterocycles. The zero-order valence-electron chi connectivity index (χ0n) is 10.5. The van der Waals surface area contributed by atoms with E-state index in [1.807, 2.05) is 0 Å². The van der Waals surface area contributed by atoms with E-state index in [9.17, 15) is 34.0 Å². The van der Waals surface area contributed by atoms with E-state index in [4.69, 9.17) is 0 Å². The van der Waals surface area contributed by atoms with E-state index in [0.717, 1.165) is 0 Å². The van der Waals surface area contributed by atoms with Crippen LogP contribution in [0.15, 0.2) is 48.5 Å². The first-order chi connectivity index (χ1) is 9.72. The summed E-state index contributed by atoms with van der Waals surface area (Å²) in [5, 5.41) is 0. The van der Waals surface area contributed by atoms with Gasteiger partial charge in [-0.1, -0.05) is 24.3 Å². The fourth-order valence-corrected chi connectivity index (χ4v) is 3.42. The van der Waals surface area contributed by atoms with Crippen molar-refractivity contribution >= 4 is 7.81 Å². The van der Waals surface area contributed by atoms with Gasteiger partial charge in [-0.15, -0.1) is 0 Å². The fraction of sp³-hybridized carbons (Fsp3) is 0. The summed E-state index contributed by atoms with van der Waals surface area (Å²) in [6.07, 6.45) is 0. The second-order valence-corrected chi connectivity index (χ2v) is 8.66. The van der Waals surface area contributed by atoms with Crippen LogP contribution in [0.4, 0.5) is 34.0 Å². The van der Waals surface area contributed by atoms with Crippen LogP contribution in [0.25, 0.3) is 0 Å². The van der Waals surface area contributed by atoms with Gasteiger partial charge < -0.3 is 0 Å². The quantitative estimate of drug-likeness (QED) is 0.365. The summed E-state index contributed by atoms with van der Waals surface area (Å²) in [4.78, 5) is 0. The first-order valence-electron chi connectivity index (χ1n) is 5.42. The molecule has 0 radical (unpaired) electrons. The Morgan fingerprint density at radius 3 is 1.14 bits per heavy atom. The molecular formula is C12H8F8IP. The molecule has 0 aromatic heterocycles. The Balaban J connectivity index is 0.000000295. The van der Waals surface area contributed by atoms with E-state index in [1.54, 1.807) is 36.4 Å². The molecule has 0 N–H and O–H groups in total. The van der Waals surface area contributed by atoms with Crippen LogP contribution in [-0.2, 0) is 0 Å². The Kier molecular flexibility index (Phi) is 5.13. The van der Waals surface area contributed by atoms with Crippen LogP contribution < -0.4 is 21.2 Å². The number of rotatable bonds is 2. The van der Waals surface area contributed by atoms with Crippen molar-refractivity contribution in [2.24, 2.45) is 0 Å². The summed E-state index contributed by atoms with van der Waals surface area (Å²) < 4.78 is 87.1. The molecule has 0 fully saturated rings. The summed E-state index contributed by atoms with van der Waals surface area (Å²) in [6, 6.07) is 13.1. The first-order valence-corrected chi connectivity index (χ1v) is 9.61. The predicted octanol–water partition coefficient (Wildman–Crippen LogP) is 3.48. The number of hydrogen-bond donors (Lipinski definition) is 0. The molecule has 10 heteroatoms. The summed E-state index contributed by atoms with van der Waals surface area (Å²) in [6.45, 7) is 0. The topological polar surface area (TPSA) is 0 Å². The van der Waals surface area contributed by atoms with Gasteiger partial charge in [-0.05, 0) is 24.3 Å². The molecule has 2 aromatic rings. The summed E-state index contributed by atoms with van der Waals surface area (Å²) in [5.41, 5.74) is 0. The zero-order valence-corrected chi connectivity index (χ0v) is 13.5. The molecule has 22 heavy (non-hydrogen) atoms. The van der Waals surface area contributed by atoms with Crippen molar-refractivity contribution in [3.63, 3.8) is 0 Å². The van der Waals surface area contributed by atoms with E-state index in [2.05, 4.69) is 0 Å². The molecule has 0 aliphatic rings. The zero-order chi connectivity index (χ0) is 17.1. The molecule has 0 bridgehead atoms. The van der Waals surface area contributed by atoms with E-state index >= 15 is 0 Å². The van der Waals surface area contributed by atoms with Crippen molar-refractivity contribution in [1.29, 1.82) is 0 Å². The average Bonchev–Trinajstić information content (AvgIpc) is 2.31. The van der Waals surface area contributed by atoms with Crippen LogP contribution in [0.1, 0.15) is 0 Å². The van der Waals surface area contributed by atoms with Gasteiger partial charge in [0.1, 0.15) is 0 Å². The third-order valence-corrected chi connectivity index (χ3v) is 4.76. The first kappa shape index (κ1) is 19.1. The number of halogens is 9. The molecule has 2 rings (SSSR count). The second kappa shape index (κ2) is 5.92. The van der Waals surface area contributed by atoms with E-state index in [1.165, 1.54) is 12.1 Å². The average molecular weight is 462 g/mol. The van der Waals surface area contributed by atoms with Gasteiger partial charge in [0.2, 0.25) is 7.14 Å². The van der Waals surface area contributed by atoms with Gasteiger partial charge in [-0.2, -0.15) is 0 Å². The Bertz CT molecular complexity index is 598. The molecule has 0 saturated heterocycles. The van der Waals surface area contributed by atoms with E-state index in [-0.39, 0.29) is 11.6 Å². The molecule has 0 amide bonds. The van der Waals surface area contributed by atoms with Gasteiger partial charge in [0, 0.05) is 0 Å². The smallest absolute Gasteiger partial charge is 0.202 e. The van der Waals surface area contributed by atoms with Crippen LogP contribution in [0, 0.1) is 18.8 Å². The van der Waals surface area contributed by atoms with Gasteiger partial charge in [0.25, 0.3) is 0 Å². The minimum atomic E-state index is -10.7. The number of hydrogen-bond acceptors (Lipinski definition) is 0. The van der Waals surface area contributed by atoms with E-state index in [0.29, 0.717) is 7.14 Å². The number of benzene rings is 2. The molecule has 0 nitrogen and oxygen atoms in total.